The van der Waals surface area contributed by atoms with E-state index in [0.717, 1.165) is 11.3 Å². The second-order valence-corrected chi connectivity index (χ2v) is 5.01. The van der Waals surface area contributed by atoms with Crippen molar-refractivity contribution < 1.29 is 9.90 Å². The molecule has 0 saturated carbocycles. The minimum atomic E-state index is -0.589. The molecule has 1 aromatic rings. The van der Waals surface area contributed by atoms with Crippen molar-refractivity contribution in [2.24, 2.45) is 5.84 Å². The van der Waals surface area contributed by atoms with Gasteiger partial charge in [-0.25, -0.2) is 0 Å². The predicted molar refractivity (Wildman–Crippen MR) is 72.2 cm³/mol. The molecular weight excluding hydrogens is 230 g/mol. The van der Waals surface area contributed by atoms with E-state index in [1.54, 1.807) is 24.1 Å². The molecule has 0 spiro atoms. The van der Waals surface area contributed by atoms with Gasteiger partial charge in [-0.3, -0.25) is 10.6 Å². The Hall–Kier alpha value is -1.59. The lowest BCUT2D eigenvalue weighted by atomic mass is 10.0. The molecule has 4 N–H and O–H groups in total. The second kappa shape index (κ2) is 5.37. The molecule has 100 valence electrons. The van der Waals surface area contributed by atoms with E-state index in [4.69, 9.17) is 5.84 Å². The van der Waals surface area contributed by atoms with Gasteiger partial charge >= 0.3 is 0 Å². The Labute approximate surface area is 108 Å². The number of aliphatic hydroxyl groups is 1. The first-order chi connectivity index (χ1) is 8.33. The number of nitrogen functional groups attached to an aromatic ring is 1. The molecular formula is C13H21N3O2. The topological polar surface area (TPSA) is 78.6 Å². The largest absolute Gasteiger partial charge is 0.394 e. The average Bonchev–Trinajstić information content (AvgIpc) is 2.36. The predicted octanol–water partition coefficient (Wildman–Crippen LogP) is 1.12. The first kappa shape index (κ1) is 14.5. The number of nitrogens with two attached hydrogens (primary N) is 1. The zero-order valence-electron chi connectivity index (χ0n) is 11.3. The number of nitrogens with one attached hydrogen (secondary N) is 1. The summed E-state index contributed by atoms with van der Waals surface area (Å²) in [5.41, 5.74) is 4.16. The fourth-order valence-electron chi connectivity index (χ4n) is 1.56. The Morgan fingerprint density at radius 2 is 2.11 bits per heavy atom. The van der Waals surface area contributed by atoms with E-state index in [1.165, 1.54) is 0 Å². The lowest BCUT2D eigenvalue weighted by molar-refractivity contribution is 0.0472. The molecule has 0 bridgehead atoms. The van der Waals surface area contributed by atoms with Crippen molar-refractivity contribution in [3.8, 4) is 0 Å². The Kier molecular flexibility index (Phi) is 4.32. The zero-order valence-corrected chi connectivity index (χ0v) is 11.3. The van der Waals surface area contributed by atoms with Crippen molar-refractivity contribution in [2.45, 2.75) is 26.3 Å². The van der Waals surface area contributed by atoms with Gasteiger partial charge in [0, 0.05) is 18.3 Å². The lowest BCUT2D eigenvalue weighted by Crippen LogP contribution is -2.47. The van der Waals surface area contributed by atoms with Gasteiger partial charge < -0.3 is 15.4 Å². The van der Waals surface area contributed by atoms with Crippen LogP contribution in [-0.4, -0.2) is 35.1 Å². The fraction of sp³-hybridized carbons (Fsp3) is 0.462. The van der Waals surface area contributed by atoms with Crippen LogP contribution in [0.3, 0.4) is 0 Å². The number of hydrazine groups is 1. The van der Waals surface area contributed by atoms with Crippen LogP contribution in [0.5, 0.6) is 0 Å². The van der Waals surface area contributed by atoms with E-state index in [0.29, 0.717) is 5.56 Å². The third-order valence-electron chi connectivity index (χ3n) is 3.22. The molecule has 0 heterocycles. The molecule has 0 aliphatic heterocycles. The number of benzene rings is 1. The zero-order chi connectivity index (χ0) is 13.9. The summed E-state index contributed by atoms with van der Waals surface area (Å²) in [6, 6.07) is 5.30. The third-order valence-corrected chi connectivity index (χ3v) is 3.22. The minimum Gasteiger partial charge on any atom is -0.394 e. The van der Waals surface area contributed by atoms with Gasteiger partial charge in [0.05, 0.1) is 12.1 Å². The molecule has 1 aromatic carbocycles. The highest BCUT2D eigenvalue weighted by atomic mass is 16.3. The maximum atomic E-state index is 12.3. The third kappa shape index (κ3) is 2.80. The monoisotopic (exact) mass is 251 g/mol. The van der Waals surface area contributed by atoms with E-state index < -0.39 is 5.54 Å². The molecule has 0 saturated heterocycles. The minimum absolute atomic E-state index is 0.0866. The summed E-state index contributed by atoms with van der Waals surface area (Å²) in [5, 5.41) is 9.29. The number of likely N-dealkylation sites (N-methyl/N-ethyl adjacent to an activating group) is 1. The maximum absolute atomic E-state index is 12.3. The van der Waals surface area contributed by atoms with Gasteiger partial charge in [-0.15, -0.1) is 0 Å². The van der Waals surface area contributed by atoms with Gasteiger partial charge in [-0.2, -0.15) is 0 Å². The normalized spacial score (nSPS) is 11.2. The Bertz CT molecular complexity index is 444. The van der Waals surface area contributed by atoms with Crippen LogP contribution in [0.4, 0.5) is 5.69 Å². The van der Waals surface area contributed by atoms with E-state index in [1.807, 2.05) is 26.8 Å². The number of anilines is 1. The lowest BCUT2D eigenvalue weighted by Gasteiger charge is -2.34. The Morgan fingerprint density at radius 1 is 1.50 bits per heavy atom. The van der Waals surface area contributed by atoms with Crippen molar-refractivity contribution in [1.82, 2.24) is 4.90 Å². The summed E-state index contributed by atoms with van der Waals surface area (Å²) < 4.78 is 0. The van der Waals surface area contributed by atoms with Gasteiger partial charge in [0.1, 0.15) is 0 Å². The molecule has 18 heavy (non-hydrogen) atoms. The molecule has 0 fully saturated rings. The van der Waals surface area contributed by atoms with Crippen LogP contribution in [0.1, 0.15) is 29.8 Å². The number of carbonyl (C=O) groups excluding carboxylic acids is 1. The summed E-state index contributed by atoms with van der Waals surface area (Å²) in [6.07, 6.45) is 0. The first-order valence-corrected chi connectivity index (χ1v) is 5.80. The molecule has 0 aromatic heterocycles. The highest BCUT2D eigenvalue weighted by Gasteiger charge is 2.28. The summed E-state index contributed by atoms with van der Waals surface area (Å²) in [4.78, 5) is 13.9. The highest BCUT2D eigenvalue weighted by Crippen LogP contribution is 2.20. The summed E-state index contributed by atoms with van der Waals surface area (Å²) in [7, 11) is 1.69. The van der Waals surface area contributed by atoms with Gasteiger partial charge in [0.2, 0.25) is 0 Å². The van der Waals surface area contributed by atoms with Crippen molar-refractivity contribution in [1.29, 1.82) is 0 Å². The summed E-state index contributed by atoms with van der Waals surface area (Å²) >= 11 is 0. The second-order valence-electron chi connectivity index (χ2n) is 5.01. The first-order valence-electron chi connectivity index (χ1n) is 5.80. The fourth-order valence-corrected chi connectivity index (χ4v) is 1.56. The van der Waals surface area contributed by atoms with Gasteiger partial charge in [0.25, 0.3) is 5.91 Å². The molecule has 1 rings (SSSR count). The van der Waals surface area contributed by atoms with Crippen LogP contribution in [-0.2, 0) is 0 Å². The number of hydrogen-bond donors (Lipinski definition) is 3. The van der Waals surface area contributed by atoms with Crippen molar-refractivity contribution in [3.63, 3.8) is 0 Å². The van der Waals surface area contributed by atoms with Crippen LogP contribution >= 0.6 is 0 Å². The summed E-state index contributed by atoms with van der Waals surface area (Å²) in [5.74, 6) is 5.20. The van der Waals surface area contributed by atoms with Crippen LogP contribution in [0, 0.1) is 6.92 Å². The van der Waals surface area contributed by atoms with Crippen molar-refractivity contribution >= 4 is 11.6 Å². The van der Waals surface area contributed by atoms with Crippen LogP contribution in [0.15, 0.2) is 18.2 Å². The SMILES string of the molecule is Cc1cc(NN)ccc1C(=O)N(C)C(C)(C)CO. The summed E-state index contributed by atoms with van der Waals surface area (Å²) in [6.45, 7) is 5.40. The molecule has 5 nitrogen and oxygen atoms in total. The Morgan fingerprint density at radius 3 is 2.56 bits per heavy atom. The van der Waals surface area contributed by atoms with Gasteiger partial charge in [0.15, 0.2) is 0 Å². The van der Waals surface area contributed by atoms with E-state index in [2.05, 4.69) is 5.43 Å². The number of carbonyl (C=O) groups is 1. The average molecular weight is 251 g/mol. The molecule has 0 aliphatic carbocycles. The van der Waals surface area contributed by atoms with Crippen molar-refractivity contribution in [2.75, 3.05) is 19.1 Å². The van der Waals surface area contributed by atoms with Crippen molar-refractivity contribution in [3.05, 3.63) is 29.3 Å². The number of amides is 1. The van der Waals surface area contributed by atoms with Gasteiger partial charge in [-0.05, 0) is 44.5 Å². The molecule has 0 atom stereocenters. The highest BCUT2D eigenvalue weighted by molar-refractivity contribution is 5.96. The van der Waals surface area contributed by atoms with Crippen LogP contribution in [0.25, 0.3) is 0 Å². The Balaban J connectivity index is 3.04. The molecule has 0 unspecified atom stereocenters. The molecule has 0 radical (unpaired) electrons. The molecule has 5 heteroatoms. The van der Waals surface area contributed by atoms with Crippen LogP contribution in [0.2, 0.25) is 0 Å². The van der Waals surface area contributed by atoms with E-state index in [-0.39, 0.29) is 12.5 Å². The standard InChI is InChI=1S/C13H21N3O2/c1-9-7-10(15-14)5-6-11(9)12(18)16(4)13(2,3)8-17/h5-7,15,17H,8,14H2,1-4H3. The number of hydrogen-bond acceptors (Lipinski definition) is 4. The van der Waals surface area contributed by atoms with Crippen LogP contribution < -0.4 is 11.3 Å². The van der Waals surface area contributed by atoms with Gasteiger partial charge in [-0.1, -0.05) is 0 Å². The maximum Gasteiger partial charge on any atom is 0.254 e. The number of nitrogens with zero attached hydrogens (tertiary/aromatic N) is 1. The quantitative estimate of drug-likeness (QED) is 0.553. The number of aliphatic hydroxyl groups excluding tert-OH is 1. The smallest absolute Gasteiger partial charge is 0.254 e. The number of rotatable bonds is 4. The van der Waals surface area contributed by atoms with E-state index in [9.17, 15) is 9.90 Å². The number of aryl methyl sites for hydroxylation is 1. The molecule has 0 aliphatic rings. The molecule has 1 amide bonds. The van der Waals surface area contributed by atoms with E-state index >= 15 is 0 Å².